The molecule has 4 rings (SSSR count). The largest absolute Gasteiger partial charge is 0.299 e. The molecule has 0 aromatic carbocycles. The Bertz CT molecular complexity index is 395. The van der Waals surface area contributed by atoms with E-state index in [2.05, 4.69) is 6.92 Å². The predicted octanol–water partition coefficient (Wildman–Crippen LogP) is 5.23. The Morgan fingerprint density at radius 2 is 1.38 bits per heavy atom. The molecule has 4 aliphatic carbocycles. The highest BCUT2D eigenvalue weighted by Crippen LogP contribution is 2.55. The second kappa shape index (κ2) is 5.70. The van der Waals surface area contributed by atoms with E-state index in [9.17, 15) is 4.79 Å². The van der Waals surface area contributed by atoms with Gasteiger partial charge in [-0.1, -0.05) is 39.0 Å². The van der Waals surface area contributed by atoms with E-state index >= 15 is 0 Å². The first kappa shape index (κ1) is 14.3. The predicted molar refractivity (Wildman–Crippen MR) is 85.9 cm³/mol. The fourth-order valence-electron chi connectivity index (χ4n) is 6.70. The lowest BCUT2D eigenvalue weighted by atomic mass is 9.58. The molecule has 0 radical (unpaired) electrons. The standard InChI is InChI=1S/C20H32O/c1-13-11-17-10-8-15-7-9-16(14-5-3-2-4-6-14)12-18(15)19(17)20(13)21/h13-19H,2-12H2,1H3. The molecule has 0 N–H and O–H groups in total. The zero-order valence-electron chi connectivity index (χ0n) is 13.7. The van der Waals surface area contributed by atoms with E-state index in [1.54, 1.807) is 0 Å². The van der Waals surface area contributed by atoms with Crippen LogP contribution in [0.2, 0.25) is 0 Å². The minimum Gasteiger partial charge on any atom is -0.299 e. The van der Waals surface area contributed by atoms with Crippen molar-refractivity contribution < 1.29 is 4.79 Å². The third kappa shape index (κ3) is 2.49. The molecule has 4 saturated carbocycles. The van der Waals surface area contributed by atoms with E-state index in [0.717, 1.165) is 29.6 Å². The smallest absolute Gasteiger partial charge is 0.139 e. The highest BCUT2D eigenvalue weighted by atomic mass is 16.1. The highest BCUT2D eigenvalue weighted by molar-refractivity contribution is 5.86. The summed E-state index contributed by atoms with van der Waals surface area (Å²) in [5.41, 5.74) is 0. The molecular formula is C20H32O. The minimum atomic E-state index is 0.369. The molecule has 4 fully saturated rings. The lowest BCUT2D eigenvalue weighted by molar-refractivity contribution is -0.128. The quantitative estimate of drug-likeness (QED) is 0.645. The molecule has 0 aliphatic heterocycles. The molecule has 21 heavy (non-hydrogen) atoms. The molecular weight excluding hydrogens is 256 g/mol. The first-order chi connectivity index (χ1) is 10.2. The van der Waals surface area contributed by atoms with Gasteiger partial charge in [-0.25, -0.2) is 0 Å². The number of carbonyl (C=O) groups excluding carboxylic acids is 1. The van der Waals surface area contributed by atoms with Gasteiger partial charge in [-0.15, -0.1) is 0 Å². The van der Waals surface area contributed by atoms with E-state index in [0.29, 0.717) is 17.6 Å². The molecule has 6 unspecified atom stereocenters. The fourth-order valence-corrected chi connectivity index (χ4v) is 6.70. The summed E-state index contributed by atoms with van der Waals surface area (Å²) >= 11 is 0. The third-order valence-corrected chi connectivity index (χ3v) is 7.75. The zero-order chi connectivity index (χ0) is 14.4. The summed E-state index contributed by atoms with van der Waals surface area (Å²) in [5.74, 6) is 5.92. The van der Waals surface area contributed by atoms with Crippen molar-refractivity contribution in [3.8, 4) is 0 Å². The van der Waals surface area contributed by atoms with Crippen LogP contribution >= 0.6 is 0 Å². The van der Waals surface area contributed by atoms with Crippen LogP contribution < -0.4 is 0 Å². The van der Waals surface area contributed by atoms with E-state index in [-0.39, 0.29) is 0 Å². The number of rotatable bonds is 1. The van der Waals surface area contributed by atoms with Crippen molar-refractivity contribution in [2.75, 3.05) is 0 Å². The topological polar surface area (TPSA) is 17.1 Å². The number of hydrogen-bond acceptors (Lipinski definition) is 1. The van der Waals surface area contributed by atoms with Crippen LogP contribution in [0.5, 0.6) is 0 Å². The van der Waals surface area contributed by atoms with Crippen LogP contribution in [0.15, 0.2) is 0 Å². The van der Waals surface area contributed by atoms with Gasteiger partial charge in [-0.3, -0.25) is 4.79 Å². The monoisotopic (exact) mass is 288 g/mol. The Hall–Kier alpha value is -0.330. The molecule has 1 heteroatoms. The first-order valence-corrected chi connectivity index (χ1v) is 9.77. The number of carbonyl (C=O) groups is 1. The molecule has 0 aromatic heterocycles. The summed E-state index contributed by atoms with van der Waals surface area (Å²) in [6.45, 7) is 2.19. The maximum atomic E-state index is 12.7. The van der Waals surface area contributed by atoms with Crippen LogP contribution in [0, 0.1) is 41.4 Å². The van der Waals surface area contributed by atoms with Crippen LogP contribution in [-0.2, 0) is 4.79 Å². The van der Waals surface area contributed by atoms with Gasteiger partial charge in [-0.05, 0) is 68.1 Å². The Labute approximate surface area is 130 Å². The molecule has 0 heterocycles. The summed E-state index contributed by atoms with van der Waals surface area (Å²) < 4.78 is 0. The number of hydrogen-bond donors (Lipinski definition) is 0. The zero-order valence-corrected chi connectivity index (χ0v) is 13.7. The van der Waals surface area contributed by atoms with Crippen molar-refractivity contribution in [1.29, 1.82) is 0 Å². The van der Waals surface area contributed by atoms with E-state index in [4.69, 9.17) is 0 Å². The highest BCUT2D eigenvalue weighted by Gasteiger charge is 2.51. The molecule has 4 aliphatic rings. The van der Waals surface area contributed by atoms with Crippen molar-refractivity contribution in [3.63, 3.8) is 0 Å². The second-order valence-electron chi connectivity index (χ2n) is 8.80. The van der Waals surface area contributed by atoms with Gasteiger partial charge >= 0.3 is 0 Å². The normalized spacial score (nSPS) is 48.0. The van der Waals surface area contributed by atoms with Crippen molar-refractivity contribution >= 4 is 5.78 Å². The minimum absolute atomic E-state index is 0.369. The van der Waals surface area contributed by atoms with Crippen molar-refractivity contribution in [1.82, 2.24) is 0 Å². The number of fused-ring (bicyclic) bond motifs is 3. The average Bonchev–Trinajstić information content (AvgIpc) is 2.83. The summed E-state index contributed by atoms with van der Waals surface area (Å²) in [4.78, 5) is 12.7. The lowest BCUT2D eigenvalue weighted by Crippen LogP contribution is -2.41. The van der Waals surface area contributed by atoms with E-state index in [1.165, 1.54) is 70.6 Å². The molecule has 0 saturated heterocycles. The maximum absolute atomic E-state index is 12.7. The third-order valence-electron chi connectivity index (χ3n) is 7.75. The summed E-state index contributed by atoms with van der Waals surface area (Å²) in [7, 11) is 0. The van der Waals surface area contributed by atoms with E-state index in [1.807, 2.05) is 0 Å². The van der Waals surface area contributed by atoms with Gasteiger partial charge in [-0.2, -0.15) is 0 Å². The van der Waals surface area contributed by atoms with Gasteiger partial charge in [0.05, 0.1) is 0 Å². The first-order valence-electron chi connectivity index (χ1n) is 9.77. The number of ketones is 1. The van der Waals surface area contributed by atoms with E-state index < -0.39 is 0 Å². The van der Waals surface area contributed by atoms with Gasteiger partial charge < -0.3 is 0 Å². The second-order valence-corrected chi connectivity index (χ2v) is 8.80. The molecule has 0 amide bonds. The Balaban J connectivity index is 1.49. The molecule has 0 spiro atoms. The van der Waals surface area contributed by atoms with Crippen LogP contribution in [0.4, 0.5) is 0 Å². The molecule has 6 atom stereocenters. The van der Waals surface area contributed by atoms with Gasteiger partial charge in [0.1, 0.15) is 5.78 Å². The molecule has 1 nitrogen and oxygen atoms in total. The summed E-state index contributed by atoms with van der Waals surface area (Å²) in [5, 5.41) is 0. The summed E-state index contributed by atoms with van der Waals surface area (Å²) in [6.07, 6.45) is 15.7. The SMILES string of the molecule is CC1CC2CCC3CCC(C4CCCCC4)CC3C2C1=O. The Morgan fingerprint density at radius 3 is 2.14 bits per heavy atom. The van der Waals surface area contributed by atoms with Crippen molar-refractivity contribution in [2.24, 2.45) is 41.4 Å². The van der Waals surface area contributed by atoms with Crippen LogP contribution in [0.3, 0.4) is 0 Å². The van der Waals surface area contributed by atoms with Crippen LogP contribution in [-0.4, -0.2) is 5.78 Å². The van der Waals surface area contributed by atoms with Gasteiger partial charge in [0.25, 0.3) is 0 Å². The van der Waals surface area contributed by atoms with Gasteiger partial charge in [0.15, 0.2) is 0 Å². The Kier molecular flexibility index (Phi) is 3.88. The maximum Gasteiger partial charge on any atom is 0.139 e. The van der Waals surface area contributed by atoms with Crippen LogP contribution in [0.1, 0.15) is 77.6 Å². The molecule has 0 bridgehead atoms. The van der Waals surface area contributed by atoms with Gasteiger partial charge in [0, 0.05) is 11.8 Å². The molecule has 118 valence electrons. The summed E-state index contributed by atoms with van der Waals surface area (Å²) in [6, 6.07) is 0. The van der Waals surface area contributed by atoms with Crippen molar-refractivity contribution in [2.45, 2.75) is 77.6 Å². The number of Topliss-reactive ketones (excluding diaryl/α,β-unsaturated/α-hetero) is 1. The van der Waals surface area contributed by atoms with Crippen molar-refractivity contribution in [3.05, 3.63) is 0 Å². The Morgan fingerprint density at radius 1 is 0.714 bits per heavy atom. The average molecular weight is 288 g/mol. The van der Waals surface area contributed by atoms with Gasteiger partial charge in [0.2, 0.25) is 0 Å². The van der Waals surface area contributed by atoms with Crippen LogP contribution in [0.25, 0.3) is 0 Å². The molecule has 0 aromatic rings. The lowest BCUT2D eigenvalue weighted by Gasteiger charge is -2.47. The fraction of sp³-hybridized carbons (Fsp3) is 0.950.